The van der Waals surface area contributed by atoms with Crippen LogP contribution in [0, 0.1) is 0 Å². The highest BCUT2D eigenvalue weighted by Crippen LogP contribution is 2.27. The first-order chi connectivity index (χ1) is 8.22. The van der Waals surface area contributed by atoms with E-state index >= 15 is 0 Å². The molecule has 0 bridgehead atoms. The molecule has 3 rings (SSSR count). The van der Waals surface area contributed by atoms with Gasteiger partial charge in [0.05, 0.1) is 0 Å². The van der Waals surface area contributed by atoms with E-state index in [1.165, 1.54) is 6.07 Å². The second kappa shape index (κ2) is 3.85. The number of aromatic nitrogens is 2. The second-order valence-corrected chi connectivity index (χ2v) is 4.51. The molecule has 0 aliphatic carbocycles. The molecule has 84 valence electrons. The molecule has 0 fully saturated rings. The fourth-order valence-electron chi connectivity index (χ4n) is 1.62. The third-order valence-corrected chi connectivity index (χ3v) is 2.90. The molecule has 2 aromatic heterocycles. The van der Waals surface area contributed by atoms with Crippen LogP contribution in [0.5, 0.6) is 0 Å². The van der Waals surface area contributed by atoms with Crippen molar-refractivity contribution in [2.45, 2.75) is 0 Å². The fourth-order valence-corrected chi connectivity index (χ4v) is 2.00. The van der Waals surface area contributed by atoms with Crippen LogP contribution in [0.25, 0.3) is 22.4 Å². The summed E-state index contributed by atoms with van der Waals surface area (Å²) in [6.45, 7) is 0. The maximum atomic E-state index is 10.9. The fraction of sp³-hybridized carbons (Fsp3) is 0. The van der Waals surface area contributed by atoms with Gasteiger partial charge in [0.1, 0.15) is 11.3 Å². The number of nitrogens with one attached hydrogen (secondary N) is 1. The minimum atomic E-state index is -0.229. The zero-order chi connectivity index (χ0) is 11.8. The molecule has 5 heteroatoms. The van der Waals surface area contributed by atoms with Gasteiger partial charge >= 0.3 is 0 Å². The van der Waals surface area contributed by atoms with Crippen LogP contribution in [0.1, 0.15) is 0 Å². The lowest BCUT2D eigenvalue weighted by atomic mass is 10.2. The summed E-state index contributed by atoms with van der Waals surface area (Å²) in [6, 6.07) is 10.7. The molecule has 0 amide bonds. The Bertz CT molecular complexity index is 725. The maximum absolute atomic E-state index is 10.9. The molecule has 0 aliphatic rings. The zero-order valence-corrected chi connectivity index (χ0v) is 10.2. The number of benzene rings is 1. The predicted octanol–water partition coefficient (Wildman–Crippen LogP) is 2.95. The zero-order valence-electron chi connectivity index (χ0n) is 8.61. The number of furan rings is 1. The monoisotopic (exact) mass is 290 g/mol. The van der Waals surface area contributed by atoms with E-state index in [9.17, 15) is 4.79 Å². The van der Waals surface area contributed by atoms with Crippen molar-refractivity contribution in [2.75, 3.05) is 0 Å². The summed E-state index contributed by atoms with van der Waals surface area (Å²) in [7, 11) is 0. The van der Waals surface area contributed by atoms with Gasteiger partial charge in [0.25, 0.3) is 5.56 Å². The number of halogens is 1. The van der Waals surface area contributed by atoms with Crippen LogP contribution >= 0.6 is 15.9 Å². The van der Waals surface area contributed by atoms with Crippen molar-refractivity contribution in [3.8, 4) is 11.5 Å². The number of hydrogen-bond donors (Lipinski definition) is 1. The first-order valence-corrected chi connectivity index (χ1v) is 5.77. The minimum Gasteiger partial charge on any atom is -0.454 e. The molecule has 0 saturated carbocycles. The Balaban J connectivity index is 2.17. The van der Waals surface area contributed by atoms with Gasteiger partial charge in [0, 0.05) is 15.9 Å². The van der Waals surface area contributed by atoms with Crippen molar-refractivity contribution in [1.29, 1.82) is 0 Å². The van der Waals surface area contributed by atoms with Crippen molar-refractivity contribution in [2.24, 2.45) is 0 Å². The third kappa shape index (κ3) is 1.89. The van der Waals surface area contributed by atoms with Gasteiger partial charge in [-0.3, -0.25) is 4.79 Å². The molecule has 0 unspecified atom stereocenters. The first kappa shape index (κ1) is 10.3. The smallest absolute Gasteiger partial charge is 0.264 e. The summed E-state index contributed by atoms with van der Waals surface area (Å²) in [5.74, 6) is 0.634. The highest BCUT2D eigenvalue weighted by Gasteiger charge is 2.07. The van der Waals surface area contributed by atoms with Crippen LogP contribution in [0.3, 0.4) is 0 Å². The molecule has 4 nitrogen and oxygen atoms in total. The van der Waals surface area contributed by atoms with Gasteiger partial charge in [-0.1, -0.05) is 15.9 Å². The number of hydrogen-bond acceptors (Lipinski definition) is 3. The van der Waals surface area contributed by atoms with Gasteiger partial charge < -0.3 is 4.42 Å². The lowest BCUT2D eigenvalue weighted by Crippen LogP contribution is -2.05. The molecule has 17 heavy (non-hydrogen) atoms. The molecule has 1 aromatic carbocycles. The maximum Gasteiger partial charge on any atom is 0.264 e. The highest BCUT2D eigenvalue weighted by atomic mass is 79.9. The molecule has 0 atom stereocenters. The van der Waals surface area contributed by atoms with Gasteiger partial charge in [0.15, 0.2) is 5.76 Å². The third-order valence-electron chi connectivity index (χ3n) is 2.41. The van der Waals surface area contributed by atoms with Crippen molar-refractivity contribution in [3.05, 3.63) is 51.2 Å². The highest BCUT2D eigenvalue weighted by molar-refractivity contribution is 9.10. The first-order valence-electron chi connectivity index (χ1n) is 4.97. The summed E-state index contributed by atoms with van der Waals surface area (Å²) in [6.07, 6.45) is 0. The molecule has 1 N–H and O–H groups in total. The van der Waals surface area contributed by atoms with Gasteiger partial charge in [-0.2, -0.15) is 5.10 Å². The van der Waals surface area contributed by atoms with Gasteiger partial charge in [-0.25, -0.2) is 5.10 Å². The number of rotatable bonds is 1. The Morgan fingerprint density at radius 1 is 1.18 bits per heavy atom. The lowest BCUT2D eigenvalue weighted by molar-refractivity contribution is 0.626. The van der Waals surface area contributed by atoms with Crippen LogP contribution in [-0.4, -0.2) is 10.2 Å². The van der Waals surface area contributed by atoms with E-state index in [1.807, 2.05) is 24.3 Å². The van der Waals surface area contributed by atoms with E-state index < -0.39 is 0 Å². The predicted molar refractivity (Wildman–Crippen MR) is 67.8 cm³/mol. The summed E-state index contributed by atoms with van der Waals surface area (Å²) in [5.41, 5.74) is 1.17. The Kier molecular flexibility index (Phi) is 2.33. The average Bonchev–Trinajstić information content (AvgIpc) is 2.72. The van der Waals surface area contributed by atoms with Crippen LogP contribution in [0.15, 0.2) is 50.1 Å². The van der Waals surface area contributed by atoms with E-state index in [0.717, 1.165) is 15.4 Å². The van der Waals surface area contributed by atoms with Gasteiger partial charge in [-0.15, -0.1) is 0 Å². The van der Waals surface area contributed by atoms with Gasteiger partial charge in [-0.05, 0) is 30.3 Å². The quantitative estimate of drug-likeness (QED) is 0.750. The Morgan fingerprint density at radius 3 is 2.82 bits per heavy atom. The summed E-state index contributed by atoms with van der Waals surface area (Å²) in [5, 5.41) is 7.29. The normalized spacial score (nSPS) is 10.9. The average molecular weight is 291 g/mol. The Labute approximate surface area is 104 Å². The summed E-state index contributed by atoms with van der Waals surface area (Å²) >= 11 is 3.40. The Morgan fingerprint density at radius 2 is 2.06 bits per heavy atom. The van der Waals surface area contributed by atoms with Crippen molar-refractivity contribution >= 4 is 26.9 Å². The van der Waals surface area contributed by atoms with Gasteiger partial charge in [0.2, 0.25) is 0 Å². The van der Waals surface area contributed by atoms with E-state index in [4.69, 9.17) is 4.42 Å². The van der Waals surface area contributed by atoms with Crippen LogP contribution < -0.4 is 5.56 Å². The van der Waals surface area contributed by atoms with Crippen LogP contribution in [0.4, 0.5) is 0 Å². The second-order valence-electron chi connectivity index (χ2n) is 3.60. The number of fused-ring (bicyclic) bond motifs is 1. The minimum absolute atomic E-state index is 0.229. The number of H-pyrrole nitrogens is 1. The molecule has 2 heterocycles. The molecular formula is C12H7BrN2O2. The standard InChI is InChI=1S/C12H7BrN2O2/c13-8-1-3-10-7(5-8)6-11(17-10)9-2-4-12(16)15-14-9/h1-6H,(H,15,16). The Hall–Kier alpha value is -1.88. The van der Waals surface area contributed by atoms with Crippen molar-refractivity contribution < 1.29 is 4.42 Å². The molecule has 0 aliphatic heterocycles. The van der Waals surface area contributed by atoms with E-state index in [-0.39, 0.29) is 5.56 Å². The topological polar surface area (TPSA) is 58.9 Å². The molecule has 0 radical (unpaired) electrons. The molecule has 3 aromatic rings. The van der Waals surface area contributed by atoms with Crippen molar-refractivity contribution in [1.82, 2.24) is 10.2 Å². The number of aromatic amines is 1. The van der Waals surface area contributed by atoms with E-state index in [1.54, 1.807) is 6.07 Å². The summed E-state index contributed by atoms with van der Waals surface area (Å²) in [4.78, 5) is 10.9. The van der Waals surface area contributed by atoms with Crippen LogP contribution in [0.2, 0.25) is 0 Å². The van der Waals surface area contributed by atoms with E-state index in [0.29, 0.717) is 11.5 Å². The van der Waals surface area contributed by atoms with Crippen LogP contribution in [-0.2, 0) is 0 Å². The molecule has 0 saturated heterocycles. The SMILES string of the molecule is O=c1ccc(-c2cc3cc(Br)ccc3o2)n[nH]1. The summed E-state index contributed by atoms with van der Waals surface area (Å²) < 4.78 is 6.64. The number of nitrogens with zero attached hydrogens (tertiary/aromatic N) is 1. The lowest BCUT2D eigenvalue weighted by Gasteiger charge is -1.92. The molecular weight excluding hydrogens is 284 g/mol. The largest absolute Gasteiger partial charge is 0.454 e. The van der Waals surface area contributed by atoms with Crippen molar-refractivity contribution in [3.63, 3.8) is 0 Å². The molecule has 0 spiro atoms. The van der Waals surface area contributed by atoms with E-state index in [2.05, 4.69) is 26.1 Å².